The van der Waals surface area contributed by atoms with E-state index in [9.17, 15) is 9.90 Å². The van der Waals surface area contributed by atoms with Crippen LogP contribution in [0.4, 0.5) is 0 Å². The first-order valence-electron chi connectivity index (χ1n) is 6.41. The molecule has 92 valence electrons. The van der Waals surface area contributed by atoms with Crippen LogP contribution >= 0.6 is 0 Å². The van der Waals surface area contributed by atoms with E-state index >= 15 is 0 Å². The highest BCUT2D eigenvalue weighted by atomic mass is 16.3. The van der Waals surface area contributed by atoms with Crippen LogP contribution in [-0.4, -0.2) is 34.6 Å². The van der Waals surface area contributed by atoms with E-state index in [2.05, 4.69) is 6.92 Å². The molecule has 3 nitrogen and oxygen atoms in total. The Hall–Kier alpha value is -0.570. The molecule has 0 spiro atoms. The Morgan fingerprint density at radius 3 is 2.62 bits per heavy atom. The maximum absolute atomic E-state index is 12.2. The SMILES string of the molecule is CC1CCC(O)CC1N1CCC(C)(C)C1=O. The highest BCUT2D eigenvalue weighted by Gasteiger charge is 2.44. The summed E-state index contributed by atoms with van der Waals surface area (Å²) in [6.45, 7) is 7.13. The van der Waals surface area contributed by atoms with E-state index in [1.807, 2.05) is 18.7 Å². The third kappa shape index (κ3) is 1.97. The number of aliphatic hydroxyl groups is 1. The summed E-state index contributed by atoms with van der Waals surface area (Å²) in [5, 5.41) is 9.74. The zero-order valence-electron chi connectivity index (χ0n) is 10.6. The van der Waals surface area contributed by atoms with Crippen LogP contribution in [0, 0.1) is 11.3 Å². The van der Waals surface area contributed by atoms with Crippen LogP contribution in [0.1, 0.15) is 46.5 Å². The minimum Gasteiger partial charge on any atom is -0.393 e. The first kappa shape index (κ1) is 11.9. The standard InChI is InChI=1S/C13H23NO2/c1-9-4-5-10(15)8-11(9)14-7-6-13(2,3)12(14)16/h9-11,15H,4-8H2,1-3H3. The summed E-state index contributed by atoms with van der Waals surface area (Å²) < 4.78 is 0. The molecule has 1 saturated heterocycles. The van der Waals surface area contributed by atoms with Gasteiger partial charge in [0.1, 0.15) is 0 Å². The number of likely N-dealkylation sites (tertiary alicyclic amines) is 1. The highest BCUT2D eigenvalue weighted by Crippen LogP contribution is 2.37. The summed E-state index contributed by atoms with van der Waals surface area (Å²) in [6.07, 6.45) is 3.44. The molecule has 2 aliphatic rings. The molecular formula is C13H23NO2. The molecule has 0 aromatic heterocycles. The number of hydrogen-bond acceptors (Lipinski definition) is 2. The van der Waals surface area contributed by atoms with E-state index in [4.69, 9.17) is 0 Å². The van der Waals surface area contributed by atoms with Crippen LogP contribution in [0.15, 0.2) is 0 Å². The van der Waals surface area contributed by atoms with Gasteiger partial charge in [0.05, 0.1) is 6.10 Å². The molecule has 0 aromatic carbocycles. The van der Waals surface area contributed by atoms with Gasteiger partial charge in [0.2, 0.25) is 5.91 Å². The predicted molar refractivity (Wildman–Crippen MR) is 62.9 cm³/mol. The molecule has 1 saturated carbocycles. The van der Waals surface area contributed by atoms with Crippen LogP contribution in [0.5, 0.6) is 0 Å². The summed E-state index contributed by atoms with van der Waals surface area (Å²) in [5.74, 6) is 0.805. The van der Waals surface area contributed by atoms with Gasteiger partial charge < -0.3 is 10.0 Å². The molecular weight excluding hydrogens is 202 g/mol. The van der Waals surface area contributed by atoms with E-state index < -0.39 is 0 Å². The molecule has 1 aliphatic heterocycles. The summed E-state index contributed by atoms with van der Waals surface area (Å²) in [4.78, 5) is 14.2. The second-order valence-electron chi connectivity index (χ2n) is 6.14. The number of aliphatic hydroxyl groups excluding tert-OH is 1. The van der Waals surface area contributed by atoms with Gasteiger partial charge >= 0.3 is 0 Å². The summed E-state index contributed by atoms with van der Waals surface area (Å²) in [5.41, 5.74) is -0.192. The summed E-state index contributed by atoms with van der Waals surface area (Å²) >= 11 is 0. The first-order chi connectivity index (χ1) is 7.42. The molecule has 2 fully saturated rings. The van der Waals surface area contributed by atoms with Crippen molar-refractivity contribution in [3.8, 4) is 0 Å². The lowest BCUT2D eigenvalue weighted by atomic mass is 9.83. The van der Waals surface area contributed by atoms with E-state index in [-0.39, 0.29) is 23.5 Å². The molecule has 16 heavy (non-hydrogen) atoms. The third-order valence-corrected chi connectivity index (χ3v) is 4.34. The molecule has 1 heterocycles. The largest absolute Gasteiger partial charge is 0.393 e. The number of hydrogen-bond donors (Lipinski definition) is 1. The van der Waals surface area contributed by atoms with Crippen molar-refractivity contribution in [2.75, 3.05) is 6.54 Å². The van der Waals surface area contributed by atoms with Gasteiger partial charge in [0, 0.05) is 18.0 Å². The Kier molecular flexibility index (Phi) is 2.99. The van der Waals surface area contributed by atoms with E-state index in [1.54, 1.807) is 0 Å². The fraction of sp³-hybridized carbons (Fsp3) is 0.923. The second-order valence-corrected chi connectivity index (χ2v) is 6.14. The van der Waals surface area contributed by atoms with Crippen LogP contribution in [-0.2, 0) is 4.79 Å². The summed E-state index contributed by atoms with van der Waals surface area (Å²) in [6, 6.07) is 0.262. The Morgan fingerprint density at radius 2 is 2.06 bits per heavy atom. The number of carbonyl (C=O) groups excluding carboxylic acids is 1. The molecule has 2 rings (SSSR count). The van der Waals surface area contributed by atoms with Crippen molar-refractivity contribution in [2.45, 2.75) is 58.6 Å². The molecule has 0 bridgehead atoms. The molecule has 3 heteroatoms. The normalized spacial score (nSPS) is 39.1. The average Bonchev–Trinajstić information content (AvgIpc) is 2.47. The maximum Gasteiger partial charge on any atom is 0.228 e. The number of carbonyl (C=O) groups is 1. The Balaban J connectivity index is 2.10. The van der Waals surface area contributed by atoms with Gasteiger partial charge in [0.15, 0.2) is 0 Å². The monoisotopic (exact) mass is 225 g/mol. The molecule has 0 radical (unpaired) electrons. The van der Waals surface area contributed by atoms with Gasteiger partial charge in [-0.15, -0.1) is 0 Å². The lowest BCUT2D eigenvalue weighted by Gasteiger charge is -2.38. The average molecular weight is 225 g/mol. The van der Waals surface area contributed by atoms with E-state index in [1.165, 1.54) is 0 Å². The fourth-order valence-electron chi connectivity index (χ4n) is 3.02. The quantitative estimate of drug-likeness (QED) is 0.739. The van der Waals surface area contributed by atoms with Crippen molar-refractivity contribution in [1.29, 1.82) is 0 Å². The van der Waals surface area contributed by atoms with Gasteiger partial charge in [0.25, 0.3) is 0 Å². The Morgan fingerprint density at radius 1 is 1.38 bits per heavy atom. The third-order valence-electron chi connectivity index (χ3n) is 4.34. The minimum atomic E-state index is -0.210. The van der Waals surface area contributed by atoms with Gasteiger partial charge in [-0.2, -0.15) is 0 Å². The maximum atomic E-state index is 12.2. The predicted octanol–water partition coefficient (Wildman–Crippen LogP) is 1.79. The smallest absolute Gasteiger partial charge is 0.228 e. The van der Waals surface area contributed by atoms with Crippen LogP contribution < -0.4 is 0 Å². The van der Waals surface area contributed by atoms with Crippen molar-refractivity contribution in [3.05, 3.63) is 0 Å². The van der Waals surface area contributed by atoms with Crippen molar-refractivity contribution < 1.29 is 9.90 Å². The van der Waals surface area contributed by atoms with Gasteiger partial charge in [-0.1, -0.05) is 20.8 Å². The van der Waals surface area contributed by atoms with Crippen molar-refractivity contribution in [3.63, 3.8) is 0 Å². The lowest BCUT2D eigenvalue weighted by Crippen LogP contribution is -2.47. The molecule has 1 aliphatic carbocycles. The zero-order chi connectivity index (χ0) is 11.9. The van der Waals surface area contributed by atoms with Crippen LogP contribution in [0.3, 0.4) is 0 Å². The molecule has 3 unspecified atom stereocenters. The molecule has 0 aromatic rings. The van der Waals surface area contributed by atoms with Gasteiger partial charge in [-0.05, 0) is 31.6 Å². The van der Waals surface area contributed by atoms with Crippen molar-refractivity contribution >= 4 is 5.91 Å². The lowest BCUT2D eigenvalue weighted by molar-refractivity contribution is -0.138. The molecule has 1 amide bonds. The molecule has 1 N–H and O–H groups in total. The first-order valence-corrected chi connectivity index (χ1v) is 6.41. The Bertz CT molecular complexity index is 288. The van der Waals surface area contributed by atoms with Crippen molar-refractivity contribution in [1.82, 2.24) is 4.90 Å². The van der Waals surface area contributed by atoms with Gasteiger partial charge in [-0.3, -0.25) is 4.79 Å². The number of nitrogens with zero attached hydrogens (tertiary/aromatic N) is 1. The van der Waals surface area contributed by atoms with Gasteiger partial charge in [-0.25, -0.2) is 0 Å². The van der Waals surface area contributed by atoms with E-state index in [0.29, 0.717) is 5.92 Å². The summed E-state index contributed by atoms with van der Waals surface area (Å²) in [7, 11) is 0. The highest BCUT2D eigenvalue weighted by molar-refractivity contribution is 5.84. The van der Waals surface area contributed by atoms with Crippen LogP contribution in [0.2, 0.25) is 0 Å². The fourth-order valence-corrected chi connectivity index (χ4v) is 3.02. The van der Waals surface area contributed by atoms with E-state index in [0.717, 1.165) is 32.2 Å². The van der Waals surface area contributed by atoms with Crippen LogP contribution in [0.25, 0.3) is 0 Å². The number of amides is 1. The van der Waals surface area contributed by atoms with Crippen molar-refractivity contribution in [2.24, 2.45) is 11.3 Å². The minimum absolute atomic E-state index is 0.192. The second kappa shape index (κ2) is 4.02. The molecule has 3 atom stereocenters. The number of rotatable bonds is 1. The Labute approximate surface area is 97.8 Å². The zero-order valence-corrected chi connectivity index (χ0v) is 10.6. The topological polar surface area (TPSA) is 40.5 Å².